The maximum absolute atomic E-state index is 15.4. The largest absolute Gasteiger partial charge is 0.497 e. The van der Waals surface area contributed by atoms with E-state index in [-0.39, 0.29) is 31.0 Å². The lowest BCUT2D eigenvalue weighted by Crippen LogP contribution is -2.38. The molecule has 1 unspecified atom stereocenters. The summed E-state index contributed by atoms with van der Waals surface area (Å²) in [6.45, 7) is 1.20. The van der Waals surface area contributed by atoms with Crippen LogP contribution in [-0.4, -0.2) is 93.8 Å². The van der Waals surface area contributed by atoms with E-state index in [4.69, 9.17) is 14.2 Å². The molecule has 0 spiro atoms. The molecule has 6 rings (SSSR count). The molecule has 5 aromatic rings. The van der Waals surface area contributed by atoms with Crippen molar-refractivity contribution in [2.75, 3.05) is 41.5 Å². The van der Waals surface area contributed by atoms with Crippen molar-refractivity contribution in [2.45, 2.75) is 41.9 Å². The van der Waals surface area contributed by atoms with Crippen LogP contribution in [0, 0.1) is 3.57 Å². The van der Waals surface area contributed by atoms with Gasteiger partial charge in [0.1, 0.15) is 27.0 Å². The highest BCUT2D eigenvalue weighted by molar-refractivity contribution is 14.1. The summed E-state index contributed by atoms with van der Waals surface area (Å²) in [6.07, 6.45) is 0.580. The Morgan fingerprint density at radius 3 is 1.81 bits per heavy atom. The van der Waals surface area contributed by atoms with Crippen molar-refractivity contribution < 1.29 is 31.0 Å². The van der Waals surface area contributed by atoms with Crippen molar-refractivity contribution >= 4 is 42.6 Å². The van der Waals surface area contributed by atoms with Crippen molar-refractivity contribution in [2.24, 2.45) is 0 Å². The summed E-state index contributed by atoms with van der Waals surface area (Å²) in [4.78, 5) is 1.20. The summed E-state index contributed by atoms with van der Waals surface area (Å²) >= 11 is 2.01. The average Bonchev–Trinajstić information content (AvgIpc) is 3.79. The maximum Gasteiger partial charge on any atom is 0.245 e. The average molecular weight is 874 g/mol. The molecule has 1 aromatic heterocycles. The Morgan fingerprint density at radius 1 is 0.792 bits per heavy atom. The van der Waals surface area contributed by atoms with E-state index in [0.717, 1.165) is 5.56 Å². The van der Waals surface area contributed by atoms with Crippen LogP contribution in [0.3, 0.4) is 0 Å². The van der Waals surface area contributed by atoms with Gasteiger partial charge < -0.3 is 19.1 Å². The van der Waals surface area contributed by atoms with E-state index >= 15 is 8.42 Å². The van der Waals surface area contributed by atoms with Crippen LogP contribution in [0.1, 0.15) is 23.1 Å². The number of nitrogens with one attached hydrogen (secondary N) is 1. The Hall–Kier alpha value is -4.14. The molecule has 1 N–H and O–H groups in total. The number of halogens is 1. The zero-order valence-corrected chi connectivity index (χ0v) is 33.4. The van der Waals surface area contributed by atoms with E-state index in [0.29, 0.717) is 51.5 Å². The Morgan fingerprint density at radius 2 is 1.32 bits per heavy atom. The number of tetrazole rings is 1. The van der Waals surface area contributed by atoms with Crippen LogP contribution in [-0.2, 0) is 39.7 Å². The molecule has 0 saturated carbocycles. The first-order valence-corrected chi connectivity index (χ1v) is 20.6. The van der Waals surface area contributed by atoms with Gasteiger partial charge >= 0.3 is 0 Å². The number of ether oxygens (including phenoxy) is 3. The molecular formula is C36H40IN7O7S2. The number of nitrogens with zero attached hydrogens (tertiary/aromatic N) is 6. The van der Waals surface area contributed by atoms with E-state index in [1.165, 1.54) is 15.1 Å². The predicted molar refractivity (Wildman–Crippen MR) is 207 cm³/mol. The highest BCUT2D eigenvalue weighted by Gasteiger charge is 2.38. The summed E-state index contributed by atoms with van der Waals surface area (Å²) in [6, 6.07) is 23.9. The highest BCUT2D eigenvalue weighted by Crippen LogP contribution is 2.39. The second-order valence-electron chi connectivity index (χ2n) is 12.6. The number of aromatic nitrogens is 4. The Labute approximate surface area is 323 Å². The van der Waals surface area contributed by atoms with Gasteiger partial charge in [-0.15, -0.1) is 5.10 Å². The zero-order valence-electron chi connectivity index (χ0n) is 29.6. The van der Waals surface area contributed by atoms with Crippen molar-refractivity contribution in [3.63, 3.8) is 0 Å². The van der Waals surface area contributed by atoms with E-state index in [1.54, 1.807) is 88.1 Å². The van der Waals surface area contributed by atoms with Gasteiger partial charge in [-0.1, -0.05) is 36.4 Å². The van der Waals surface area contributed by atoms with Crippen molar-refractivity contribution in [3.8, 4) is 28.6 Å². The van der Waals surface area contributed by atoms with Crippen LogP contribution >= 0.6 is 22.6 Å². The minimum absolute atomic E-state index is 0.0741. The normalized spacial score (nSPS) is 15.2. The second kappa shape index (κ2) is 16.5. The van der Waals surface area contributed by atoms with E-state index in [9.17, 15) is 8.42 Å². The Bertz CT molecular complexity index is 2200. The Balaban J connectivity index is 1.53. The molecule has 2 heterocycles. The quantitative estimate of drug-likeness (QED) is 0.149. The minimum atomic E-state index is -4.65. The fraction of sp³-hybridized carbons (Fsp3) is 0.306. The number of likely N-dealkylation sites (tertiary alicyclic amines) is 1. The van der Waals surface area contributed by atoms with Gasteiger partial charge in [0.05, 0.1) is 33.4 Å². The standard InChI is InChI=1S/C36H40IN7O7S2/c1-42-20-19-28(24-42)39-52(45,46)33-18-17-32(37)34(36-38-40-41-44(36)23-27-9-15-31(51-4)16-10-27)35(33)53(47,48)43(21-25-5-11-29(49-2)12-6-25)22-26-7-13-30(50-3)14-8-26/h5-18,28,39H,19-24H2,1-4H3. The first kappa shape index (κ1) is 38.6. The number of hydrogen-bond acceptors (Lipinski definition) is 11. The fourth-order valence-corrected chi connectivity index (χ4v) is 10.7. The van der Waals surface area contributed by atoms with Crippen LogP contribution in [0.25, 0.3) is 11.4 Å². The van der Waals surface area contributed by atoms with Gasteiger partial charge in [0, 0.05) is 29.2 Å². The molecule has 1 fully saturated rings. The molecule has 0 bridgehead atoms. The number of likely N-dealkylation sites (N-methyl/N-ethyl adjacent to an activating group) is 1. The van der Waals surface area contributed by atoms with Crippen LogP contribution in [0.5, 0.6) is 17.2 Å². The Kier molecular flexibility index (Phi) is 12.0. The molecule has 1 aliphatic rings. The summed E-state index contributed by atoms with van der Waals surface area (Å²) in [5, 5.41) is 12.4. The lowest BCUT2D eigenvalue weighted by Gasteiger charge is -2.26. The fourth-order valence-electron chi connectivity index (χ4n) is 6.15. The third-order valence-electron chi connectivity index (χ3n) is 8.95. The van der Waals surface area contributed by atoms with Gasteiger partial charge in [-0.05, 0) is 118 Å². The van der Waals surface area contributed by atoms with Crippen molar-refractivity contribution in [1.82, 2.24) is 34.1 Å². The first-order chi connectivity index (χ1) is 25.4. The van der Waals surface area contributed by atoms with Gasteiger partial charge in [-0.3, -0.25) is 0 Å². The lowest BCUT2D eigenvalue weighted by molar-refractivity contribution is 0.396. The van der Waals surface area contributed by atoms with E-state index < -0.39 is 35.9 Å². The number of benzene rings is 4. The maximum atomic E-state index is 15.4. The van der Waals surface area contributed by atoms with Gasteiger partial charge in [-0.2, -0.15) is 4.31 Å². The van der Waals surface area contributed by atoms with Crippen LogP contribution < -0.4 is 18.9 Å². The third-order valence-corrected chi connectivity index (χ3v) is 13.4. The summed E-state index contributed by atoms with van der Waals surface area (Å²) in [5.74, 6) is 1.98. The molecule has 53 heavy (non-hydrogen) atoms. The number of sulfonamides is 2. The van der Waals surface area contributed by atoms with Crippen LogP contribution in [0.4, 0.5) is 0 Å². The van der Waals surface area contributed by atoms with Gasteiger partial charge in [-0.25, -0.2) is 26.2 Å². The SMILES string of the molecule is COc1ccc(CN(Cc2ccc(OC)cc2)S(=O)(=O)c2c(S(=O)(=O)NC3CCN(C)C3)ccc(I)c2-c2nnnn2Cc2ccc(OC)cc2)cc1. The third kappa shape index (κ3) is 8.81. The van der Waals surface area contributed by atoms with E-state index in [1.807, 2.05) is 46.7 Å². The van der Waals surface area contributed by atoms with Gasteiger partial charge in [0.15, 0.2) is 5.82 Å². The topological polar surface area (TPSA) is 158 Å². The molecule has 4 aromatic carbocycles. The molecule has 0 radical (unpaired) electrons. The predicted octanol–water partition coefficient (Wildman–Crippen LogP) is 4.39. The molecule has 14 nitrogen and oxygen atoms in total. The molecule has 1 aliphatic heterocycles. The summed E-state index contributed by atoms with van der Waals surface area (Å²) in [5.41, 5.74) is 2.21. The smallest absolute Gasteiger partial charge is 0.245 e. The second-order valence-corrected chi connectivity index (χ2v) is 17.3. The molecule has 1 saturated heterocycles. The summed E-state index contributed by atoms with van der Waals surface area (Å²) in [7, 11) is -2.47. The number of methoxy groups -OCH3 is 3. The molecule has 0 aliphatic carbocycles. The van der Waals surface area contributed by atoms with Crippen LogP contribution in [0.15, 0.2) is 94.7 Å². The molecular weight excluding hydrogens is 833 g/mol. The highest BCUT2D eigenvalue weighted by atomic mass is 127. The minimum Gasteiger partial charge on any atom is -0.497 e. The number of hydrogen-bond donors (Lipinski definition) is 1. The van der Waals surface area contributed by atoms with Crippen LogP contribution in [0.2, 0.25) is 0 Å². The first-order valence-electron chi connectivity index (χ1n) is 16.6. The van der Waals surface area contributed by atoms with Crippen molar-refractivity contribution in [3.05, 3.63) is 105 Å². The molecule has 0 amide bonds. The number of rotatable bonds is 15. The van der Waals surface area contributed by atoms with Gasteiger partial charge in [0.2, 0.25) is 20.0 Å². The lowest BCUT2D eigenvalue weighted by atomic mass is 10.2. The summed E-state index contributed by atoms with van der Waals surface area (Å²) < 4.78 is 81.6. The van der Waals surface area contributed by atoms with Crippen molar-refractivity contribution in [1.29, 1.82) is 0 Å². The molecule has 1 atom stereocenters. The monoisotopic (exact) mass is 873 g/mol. The molecule has 17 heteroatoms. The zero-order chi connectivity index (χ0) is 37.8. The van der Waals surface area contributed by atoms with E-state index in [2.05, 4.69) is 20.2 Å². The molecule has 280 valence electrons. The van der Waals surface area contributed by atoms with Gasteiger partial charge in [0.25, 0.3) is 0 Å².